The van der Waals surface area contributed by atoms with Crippen molar-refractivity contribution in [2.75, 3.05) is 0 Å². The fraction of sp³-hybridized carbons (Fsp3) is 0.316. The van der Waals surface area contributed by atoms with E-state index in [-0.39, 0.29) is 5.41 Å². The Bertz CT molecular complexity index is 1900. The molecule has 7 nitrogen and oxygen atoms in total. The van der Waals surface area contributed by atoms with E-state index in [0.717, 1.165) is 61.5 Å². The summed E-state index contributed by atoms with van der Waals surface area (Å²) in [6.07, 6.45) is 6.75. The third kappa shape index (κ3) is 6.58. The summed E-state index contributed by atoms with van der Waals surface area (Å²) in [6, 6.07) is 29.8. The van der Waals surface area contributed by atoms with Crippen LogP contribution in [-0.4, -0.2) is 35.4 Å². The largest absolute Gasteiger partial charge is 0.487 e. The normalized spacial score (nSPS) is 14.5. The van der Waals surface area contributed by atoms with Gasteiger partial charge in [-0.25, -0.2) is 5.10 Å². The van der Waals surface area contributed by atoms with Crippen LogP contribution in [0.25, 0.3) is 22.0 Å². The van der Waals surface area contributed by atoms with E-state index < -0.39 is 0 Å². The summed E-state index contributed by atoms with van der Waals surface area (Å²) >= 11 is 2.02. The van der Waals surface area contributed by atoms with Gasteiger partial charge >= 0.3 is 0 Å². The minimum atomic E-state index is -0.0401. The van der Waals surface area contributed by atoms with Gasteiger partial charge in [-0.1, -0.05) is 87.5 Å². The maximum Gasteiger partial charge on any atom is 0.148 e. The van der Waals surface area contributed by atoms with E-state index in [0.29, 0.717) is 11.9 Å². The third-order valence-electron chi connectivity index (χ3n) is 8.84. The lowest BCUT2D eigenvalue weighted by Crippen LogP contribution is -2.22. The molecule has 0 aliphatic carbocycles. The lowest BCUT2D eigenvalue weighted by molar-refractivity contribution is 0.298. The van der Waals surface area contributed by atoms with Crippen molar-refractivity contribution in [3.8, 4) is 16.9 Å². The van der Waals surface area contributed by atoms with Gasteiger partial charge in [0.15, 0.2) is 0 Å². The van der Waals surface area contributed by atoms with Crippen molar-refractivity contribution in [3.05, 3.63) is 119 Å². The molecule has 0 radical (unpaired) electrons. The number of nitrogens with zero attached hydrogens (tertiary/aromatic N) is 5. The number of nitrogens with one attached hydrogen (secondary N) is 1. The number of H-pyrrole nitrogens is 1. The minimum absolute atomic E-state index is 0.0401. The summed E-state index contributed by atoms with van der Waals surface area (Å²) in [6.45, 7) is 8.37. The number of thioether (sulfide) groups is 1. The fourth-order valence-corrected chi connectivity index (χ4v) is 8.02. The molecule has 8 heteroatoms. The summed E-state index contributed by atoms with van der Waals surface area (Å²) in [5.41, 5.74) is 8.58. The number of hydrogen-bond donors (Lipinski definition) is 1. The quantitative estimate of drug-likeness (QED) is 0.147. The maximum absolute atomic E-state index is 6.56. The fourth-order valence-electron chi connectivity index (χ4n) is 6.70. The number of hydrogen-bond acceptors (Lipinski definition) is 6. The number of aryl methyl sites for hydroxylation is 2. The van der Waals surface area contributed by atoms with Crippen molar-refractivity contribution < 1.29 is 4.74 Å². The molecule has 0 amide bonds. The van der Waals surface area contributed by atoms with Crippen LogP contribution >= 0.6 is 11.8 Å². The molecule has 4 heterocycles. The third-order valence-corrected chi connectivity index (χ3v) is 10.1. The molecule has 0 saturated carbocycles. The van der Waals surface area contributed by atoms with Gasteiger partial charge in [-0.3, -0.25) is 4.98 Å². The summed E-state index contributed by atoms with van der Waals surface area (Å²) in [4.78, 5) is 6.14. The first kappa shape index (κ1) is 30.2. The molecular weight excluding hydrogens is 589 g/mol. The monoisotopic (exact) mass is 628 g/mol. The molecule has 3 aromatic carbocycles. The molecule has 0 fully saturated rings. The Morgan fingerprint density at radius 1 is 0.935 bits per heavy atom. The maximum atomic E-state index is 6.56. The van der Waals surface area contributed by atoms with E-state index >= 15 is 0 Å². The summed E-state index contributed by atoms with van der Waals surface area (Å²) in [7, 11) is 0. The van der Waals surface area contributed by atoms with Gasteiger partial charge in [0.05, 0.1) is 5.69 Å². The average Bonchev–Trinajstić information content (AvgIpc) is 3.68. The molecule has 1 aliphatic heterocycles. The first-order valence-electron chi connectivity index (χ1n) is 16.2. The van der Waals surface area contributed by atoms with Crippen LogP contribution in [0.4, 0.5) is 0 Å². The summed E-state index contributed by atoms with van der Waals surface area (Å²) < 4.78 is 9.15. The van der Waals surface area contributed by atoms with Crippen LogP contribution in [0.1, 0.15) is 55.5 Å². The lowest BCUT2D eigenvalue weighted by Gasteiger charge is -2.26. The lowest BCUT2D eigenvalue weighted by atomic mass is 9.84. The highest BCUT2D eigenvalue weighted by molar-refractivity contribution is 8.00. The highest BCUT2D eigenvalue weighted by Gasteiger charge is 2.32. The van der Waals surface area contributed by atoms with E-state index in [1.165, 1.54) is 38.2 Å². The topological polar surface area (TPSA) is 81.5 Å². The Labute approximate surface area is 274 Å². The van der Waals surface area contributed by atoms with Crippen LogP contribution in [0.15, 0.2) is 96.0 Å². The van der Waals surface area contributed by atoms with Crippen LogP contribution in [-0.2, 0) is 38.8 Å². The summed E-state index contributed by atoms with van der Waals surface area (Å²) in [5, 5.41) is 16.6. The zero-order valence-corrected chi connectivity index (χ0v) is 27.6. The van der Waals surface area contributed by atoms with Gasteiger partial charge in [0.2, 0.25) is 0 Å². The molecule has 3 aromatic heterocycles. The number of tetrazole rings is 1. The van der Waals surface area contributed by atoms with Crippen LogP contribution in [0.3, 0.4) is 0 Å². The molecule has 1 aliphatic rings. The van der Waals surface area contributed by atoms with Gasteiger partial charge in [0.1, 0.15) is 18.2 Å². The predicted octanol–water partition coefficient (Wildman–Crippen LogP) is 8.28. The number of ether oxygens (including phenoxy) is 1. The van der Waals surface area contributed by atoms with Crippen molar-refractivity contribution in [2.24, 2.45) is 5.41 Å². The smallest absolute Gasteiger partial charge is 0.148 e. The van der Waals surface area contributed by atoms with Crippen molar-refractivity contribution >= 4 is 22.7 Å². The number of benzene rings is 3. The molecule has 234 valence electrons. The van der Waals surface area contributed by atoms with E-state index in [1.54, 1.807) is 0 Å². The molecule has 1 N–H and O–H groups in total. The first-order valence-corrected chi connectivity index (χ1v) is 17.0. The molecule has 1 unspecified atom stereocenters. The number of pyridine rings is 1. The minimum Gasteiger partial charge on any atom is -0.487 e. The summed E-state index contributed by atoms with van der Waals surface area (Å²) in [5.74, 6) is 1.79. The van der Waals surface area contributed by atoms with E-state index in [4.69, 9.17) is 9.72 Å². The Balaban J connectivity index is 1.20. The SMILES string of the molecule is CC1Cc2c(OCc3ccc(-c4ccccc4)cn3)ccc3c2c(c(CC(C)(C)Cc2nnn[nH]2)n3CCCc2ccccc2)S1. The Kier molecular flexibility index (Phi) is 8.63. The van der Waals surface area contributed by atoms with Crippen molar-refractivity contribution in [1.29, 1.82) is 0 Å². The molecule has 7 rings (SSSR count). The Morgan fingerprint density at radius 3 is 2.48 bits per heavy atom. The first-order chi connectivity index (χ1) is 22.4. The Morgan fingerprint density at radius 2 is 1.74 bits per heavy atom. The molecule has 46 heavy (non-hydrogen) atoms. The molecule has 0 bridgehead atoms. The van der Waals surface area contributed by atoms with E-state index in [1.807, 2.05) is 24.0 Å². The van der Waals surface area contributed by atoms with Crippen LogP contribution in [0.5, 0.6) is 5.75 Å². The van der Waals surface area contributed by atoms with E-state index in [9.17, 15) is 0 Å². The van der Waals surface area contributed by atoms with Crippen molar-refractivity contribution in [3.63, 3.8) is 0 Å². The second-order valence-corrected chi connectivity index (χ2v) is 14.6. The van der Waals surface area contributed by atoms with Crippen LogP contribution < -0.4 is 4.74 Å². The number of rotatable bonds is 12. The van der Waals surface area contributed by atoms with E-state index in [2.05, 4.69) is 125 Å². The molecular formula is C38H40N6OS. The number of aromatic nitrogens is 6. The highest BCUT2D eigenvalue weighted by Crippen LogP contribution is 2.48. The standard InChI is InChI=1S/C38H40N6OS/c1-26-21-31-34(45-25-30-17-16-29(24-39-30)28-14-8-5-9-15-28)19-18-32-36(31)37(46-26)33(22-38(2,3)23-35-40-42-43-41-35)44(32)20-10-13-27-11-6-4-7-12-27/h4-9,11-12,14-19,24,26H,10,13,20-23,25H2,1-3H3,(H,40,41,42,43). The van der Waals surface area contributed by atoms with Crippen LogP contribution in [0.2, 0.25) is 0 Å². The van der Waals surface area contributed by atoms with Crippen LogP contribution in [0, 0.1) is 5.41 Å². The highest BCUT2D eigenvalue weighted by atomic mass is 32.2. The molecule has 6 aromatic rings. The van der Waals surface area contributed by atoms with Gasteiger partial charge in [-0.2, -0.15) is 0 Å². The van der Waals surface area contributed by atoms with Gasteiger partial charge in [-0.15, -0.1) is 16.9 Å². The van der Waals surface area contributed by atoms with Gasteiger partial charge < -0.3 is 9.30 Å². The zero-order chi connectivity index (χ0) is 31.5. The van der Waals surface area contributed by atoms with Crippen molar-refractivity contribution in [1.82, 2.24) is 30.2 Å². The second kappa shape index (κ2) is 13.1. The predicted molar refractivity (Wildman–Crippen MR) is 185 cm³/mol. The van der Waals surface area contributed by atoms with Gasteiger partial charge in [0.25, 0.3) is 0 Å². The van der Waals surface area contributed by atoms with Crippen molar-refractivity contribution in [2.45, 2.75) is 76.2 Å². The number of aromatic amines is 1. The van der Waals surface area contributed by atoms with Gasteiger partial charge in [0, 0.05) is 57.0 Å². The molecule has 0 saturated heterocycles. The second-order valence-electron chi connectivity index (χ2n) is 13.1. The molecule has 1 atom stereocenters. The average molecular weight is 629 g/mol. The Hall–Kier alpha value is -4.43. The molecule has 0 spiro atoms. The zero-order valence-electron chi connectivity index (χ0n) is 26.7. The van der Waals surface area contributed by atoms with Gasteiger partial charge in [-0.05, 0) is 70.9 Å².